The minimum absolute atomic E-state index is 0.0771. The molecule has 1 aromatic heterocycles. The smallest absolute Gasteiger partial charge is 0.317 e. The highest BCUT2D eigenvalue weighted by molar-refractivity contribution is 5.72. The highest BCUT2D eigenvalue weighted by Crippen LogP contribution is 2.08. The normalized spacial score (nSPS) is 8.67. The van der Waals surface area contributed by atoms with E-state index >= 15 is 0 Å². The van der Waals surface area contributed by atoms with Gasteiger partial charge in [-0.3, -0.25) is 9.78 Å². The molecule has 0 saturated heterocycles. The number of methoxy groups -OCH3 is 2. The summed E-state index contributed by atoms with van der Waals surface area (Å²) < 4.78 is 9.43. The van der Waals surface area contributed by atoms with Gasteiger partial charge in [0, 0.05) is 11.8 Å². The lowest BCUT2D eigenvalue weighted by atomic mass is 10.2. The maximum atomic E-state index is 10.8. The fourth-order valence-corrected chi connectivity index (χ4v) is 0.889. The van der Waals surface area contributed by atoms with Crippen LogP contribution in [0.3, 0.4) is 0 Å². The fourth-order valence-electron chi connectivity index (χ4n) is 0.889. The first-order valence-corrected chi connectivity index (χ1v) is 4.31. The molecule has 1 rings (SSSR count). The van der Waals surface area contributed by atoms with E-state index in [1.54, 1.807) is 25.6 Å². The molecule has 0 aromatic carbocycles. The van der Waals surface area contributed by atoms with Gasteiger partial charge in [0.25, 0.3) is 0 Å². The third-order valence-electron chi connectivity index (χ3n) is 1.64. The van der Waals surface area contributed by atoms with E-state index in [2.05, 4.69) is 21.6 Å². The highest BCUT2D eigenvalue weighted by atomic mass is 16.5. The molecule has 1 heterocycles. The number of pyridine rings is 1. The lowest BCUT2D eigenvalue weighted by Gasteiger charge is -1.97. The van der Waals surface area contributed by atoms with E-state index in [-0.39, 0.29) is 12.4 Å². The number of hydrogen-bond acceptors (Lipinski definition) is 4. The van der Waals surface area contributed by atoms with Gasteiger partial charge in [0.1, 0.15) is 12.2 Å². The van der Waals surface area contributed by atoms with Crippen LogP contribution in [0.25, 0.3) is 0 Å². The highest BCUT2D eigenvalue weighted by Gasteiger charge is 1.95. The van der Waals surface area contributed by atoms with Gasteiger partial charge in [-0.2, -0.15) is 0 Å². The molecule has 0 aliphatic heterocycles. The lowest BCUT2D eigenvalue weighted by Crippen LogP contribution is -1.97. The van der Waals surface area contributed by atoms with E-state index in [0.717, 1.165) is 0 Å². The van der Waals surface area contributed by atoms with Gasteiger partial charge in [-0.1, -0.05) is 11.8 Å². The van der Waals surface area contributed by atoms with Gasteiger partial charge in [-0.25, -0.2) is 0 Å². The number of hydrogen-bond donors (Lipinski definition) is 0. The summed E-state index contributed by atoms with van der Waals surface area (Å²) in [6.07, 6.45) is 3.27. The second-order valence-electron chi connectivity index (χ2n) is 2.67. The van der Waals surface area contributed by atoms with Gasteiger partial charge < -0.3 is 9.47 Å². The number of rotatable bonds is 2. The number of carbonyl (C=O) groups is 1. The van der Waals surface area contributed by atoms with Crippen LogP contribution >= 0.6 is 0 Å². The number of carbonyl (C=O) groups excluding carboxylic acids is 1. The van der Waals surface area contributed by atoms with Gasteiger partial charge in [-0.15, -0.1) is 0 Å². The Labute approximate surface area is 88.2 Å². The van der Waals surface area contributed by atoms with E-state index in [1.807, 2.05) is 0 Å². The third kappa shape index (κ3) is 3.69. The van der Waals surface area contributed by atoms with E-state index < -0.39 is 0 Å². The van der Waals surface area contributed by atoms with Crippen molar-refractivity contribution in [3.8, 4) is 17.6 Å². The molecule has 78 valence electrons. The average Bonchev–Trinajstić information content (AvgIpc) is 2.29. The Balaban J connectivity index is 2.67. The van der Waals surface area contributed by atoms with Crippen molar-refractivity contribution in [3.05, 3.63) is 24.0 Å². The van der Waals surface area contributed by atoms with Crippen LogP contribution < -0.4 is 4.74 Å². The van der Waals surface area contributed by atoms with Crippen molar-refractivity contribution in [2.45, 2.75) is 6.42 Å². The number of aromatic nitrogens is 1. The summed E-state index contributed by atoms with van der Waals surface area (Å²) in [6.45, 7) is 0. The molecule has 0 spiro atoms. The van der Waals surface area contributed by atoms with Crippen molar-refractivity contribution in [2.24, 2.45) is 0 Å². The summed E-state index contributed by atoms with van der Waals surface area (Å²) in [5.74, 6) is 5.76. The first kappa shape index (κ1) is 11.1. The van der Waals surface area contributed by atoms with Crippen molar-refractivity contribution in [1.29, 1.82) is 0 Å². The molecule has 0 fully saturated rings. The molecule has 1 aromatic rings. The molecule has 0 N–H and O–H groups in total. The molecule has 15 heavy (non-hydrogen) atoms. The summed E-state index contributed by atoms with van der Waals surface area (Å²) in [6, 6.07) is 1.75. The largest absolute Gasteiger partial charge is 0.495 e. The van der Waals surface area contributed by atoms with Crippen LogP contribution in [0.2, 0.25) is 0 Å². The molecular weight excluding hydrogens is 194 g/mol. The summed E-state index contributed by atoms with van der Waals surface area (Å²) in [5, 5.41) is 0. The molecule has 0 aliphatic carbocycles. The summed E-state index contributed by atoms with van der Waals surface area (Å²) in [7, 11) is 2.89. The maximum Gasteiger partial charge on any atom is 0.317 e. The quantitative estimate of drug-likeness (QED) is 0.534. The van der Waals surface area contributed by atoms with Crippen LogP contribution in [0, 0.1) is 11.8 Å². The zero-order valence-electron chi connectivity index (χ0n) is 8.61. The van der Waals surface area contributed by atoms with Gasteiger partial charge in [0.2, 0.25) is 0 Å². The number of ether oxygens (including phenoxy) is 2. The Morgan fingerprint density at radius 1 is 1.47 bits per heavy atom. The van der Waals surface area contributed by atoms with E-state index in [1.165, 1.54) is 7.11 Å². The van der Waals surface area contributed by atoms with Crippen molar-refractivity contribution >= 4 is 5.97 Å². The van der Waals surface area contributed by atoms with Crippen molar-refractivity contribution in [2.75, 3.05) is 14.2 Å². The minimum Gasteiger partial charge on any atom is -0.495 e. The molecule has 0 radical (unpaired) electrons. The Kier molecular flexibility index (Phi) is 4.17. The standard InChI is InChI=1S/C11H11NO3/c1-14-10-6-9(7-12-8-10)4-3-5-11(13)15-2/h6-8H,5H2,1-2H3. The minimum atomic E-state index is -0.349. The number of nitrogens with zero attached hydrogens (tertiary/aromatic N) is 1. The van der Waals surface area contributed by atoms with Crippen LogP contribution in [0.1, 0.15) is 12.0 Å². The van der Waals surface area contributed by atoms with Crippen molar-refractivity contribution in [3.63, 3.8) is 0 Å². The zero-order chi connectivity index (χ0) is 11.1. The molecule has 4 nitrogen and oxygen atoms in total. The maximum absolute atomic E-state index is 10.8. The molecule has 4 heteroatoms. The van der Waals surface area contributed by atoms with Gasteiger partial charge in [-0.05, 0) is 6.07 Å². The SMILES string of the molecule is COC(=O)CC#Cc1cncc(OC)c1. The molecule has 0 bridgehead atoms. The summed E-state index contributed by atoms with van der Waals surface area (Å²) in [4.78, 5) is 14.7. The van der Waals surface area contributed by atoms with Crippen LogP contribution in [0.15, 0.2) is 18.5 Å². The zero-order valence-corrected chi connectivity index (χ0v) is 8.61. The summed E-state index contributed by atoms with van der Waals surface area (Å²) >= 11 is 0. The molecule has 0 unspecified atom stereocenters. The van der Waals surface area contributed by atoms with E-state index in [4.69, 9.17) is 4.74 Å². The average molecular weight is 205 g/mol. The number of esters is 1. The summed E-state index contributed by atoms with van der Waals surface area (Å²) in [5.41, 5.74) is 0.707. The van der Waals surface area contributed by atoms with E-state index in [0.29, 0.717) is 11.3 Å². The molecule has 0 amide bonds. The van der Waals surface area contributed by atoms with Gasteiger partial charge in [0.05, 0.1) is 20.4 Å². The Hall–Kier alpha value is -2.02. The van der Waals surface area contributed by atoms with Gasteiger partial charge in [0.15, 0.2) is 0 Å². The molecule has 0 saturated carbocycles. The topological polar surface area (TPSA) is 48.4 Å². The Morgan fingerprint density at radius 3 is 2.93 bits per heavy atom. The predicted octanol–water partition coefficient (Wildman–Crippen LogP) is 1.00. The van der Waals surface area contributed by atoms with Crippen molar-refractivity contribution in [1.82, 2.24) is 4.98 Å². The Morgan fingerprint density at radius 2 is 2.27 bits per heavy atom. The Bertz CT molecular complexity index is 404. The van der Waals surface area contributed by atoms with Crippen LogP contribution in [-0.4, -0.2) is 25.2 Å². The molecule has 0 aliphatic rings. The molecule has 0 atom stereocenters. The van der Waals surface area contributed by atoms with Crippen LogP contribution in [0.4, 0.5) is 0 Å². The lowest BCUT2D eigenvalue weighted by molar-refractivity contribution is -0.139. The first-order chi connectivity index (χ1) is 7.26. The second-order valence-corrected chi connectivity index (χ2v) is 2.67. The second kappa shape index (κ2) is 5.66. The van der Waals surface area contributed by atoms with Crippen molar-refractivity contribution < 1.29 is 14.3 Å². The van der Waals surface area contributed by atoms with Gasteiger partial charge >= 0.3 is 5.97 Å². The third-order valence-corrected chi connectivity index (χ3v) is 1.64. The molecular formula is C11H11NO3. The van der Waals surface area contributed by atoms with Crippen LogP contribution in [-0.2, 0) is 9.53 Å². The van der Waals surface area contributed by atoms with Crippen LogP contribution in [0.5, 0.6) is 5.75 Å². The first-order valence-electron chi connectivity index (χ1n) is 4.31. The monoisotopic (exact) mass is 205 g/mol. The van der Waals surface area contributed by atoms with E-state index in [9.17, 15) is 4.79 Å². The predicted molar refractivity (Wildman–Crippen MR) is 54.3 cm³/mol. The fraction of sp³-hybridized carbons (Fsp3) is 0.273.